The van der Waals surface area contributed by atoms with Crippen LogP contribution in [0.3, 0.4) is 0 Å². The second-order valence-corrected chi connectivity index (χ2v) is 0. The first-order valence-corrected chi connectivity index (χ1v) is 0. The maximum atomic E-state index is 0. The van der Waals surface area contributed by atoms with Gasteiger partial charge in [0.05, 0.1) is 0 Å². The van der Waals surface area contributed by atoms with E-state index >= 15 is 0 Å². The molecule has 0 saturated heterocycles. The van der Waals surface area contributed by atoms with Crippen molar-refractivity contribution in [2.24, 2.45) is 0 Å². The van der Waals surface area contributed by atoms with E-state index in [2.05, 4.69) is 0 Å². The average molecular weight is 111 g/mol. The first-order chi connectivity index (χ1) is 0. The largest absolute Gasteiger partial charge is 3.00 e. The Morgan fingerprint density at radius 1 is 0.750 bits per heavy atom. The van der Waals surface area contributed by atoms with Gasteiger partial charge in [0, 0.05) is 0 Å². The molecule has 0 spiro atoms. The van der Waals surface area contributed by atoms with Gasteiger partial charge in [0.2, 0.25) is 0 Å². The number of hydrogen-bond acceptors (Lipinski definition) is 0. The van der Waals surface area contributed by atoms with Crippen molar-refractivity contribution in [1.29, 1.82) is 0 Å². The van der Waals surface area contributed by atoms with Crippen LogP contribution in [0.4, 0.5) is 0 Å². The van der Waals surface area contributed by atoms with Crippen molar-refractivity contribution in [3.63, 3.8) is 0 Å². The van der Waals surface area contributed by atoms with Crippen LogP contribution in [0.2, 0.25) is 0 Å². The fourth-order valence-electron chi connectivity index (χ4n) is 0. The zero-order valence-electron chi connectivity index (χ0n) is 1.80. The third-order valence-corrected chi connectivity index (χ3v) is 0. The Labute approximate surface area is 46.1 Å². The van der Waals surface area contributed by atoms with Crippen LogP contribution in [0.25, 0.3) is 0 Å². The van der Waals surface area contributed by atoms with Gasteiger partial charge in [-0.05, 0) is 0 Å². The molecule has 0 fully saturated rings. The molecule has 0 unspecified atom stereocenters. The van der Waals surface area contributed by atoms with Crippen LogP contribution in [0.1, 0.15) is 0 Å². The van der Waals surface area contributed by atoms with Gasteiger partial charge in [-0.15, -0.1) is 0 Å². The number of rotatable bonds is 0. The smallest absolute Gasteiger partial charge is 2.00 e. The maximum Gasteiger partial charge on any atom is 3.00 e. The Morgan fingerprint density at radius 3 is 0.750 bits per heavy atom. The van der Waals surface area contributed by atoms with Crippen molar-refractivity contribution in [2.45, 2.75) is 0 Å². The summed E-state index contributed by atoms with van der Waals surface area (Å²) in [6.45, 7) is 0. The summed E-state index contributed by atoms with van der Waals surface area (Å²) in [5.41, 5.74) is 0. The summed E-state index contributed by atoms with van der Waals surface area (Å²) in [7, 11) is 0. The minimum absolute atomic E-state index is 0. The molecular formula is AlCrO2+2. The van der Waals surface area contributed by atoms with Crippen molar-refractivity contribution in [3.8, 4) is 0 Å². The molecule has 0 aromatic carbocycles. The molecule has 0 atom stereocenters. The minimum Gasteiger partial charge on any atom is -2.00 e. The fraction of sp³-hybridized carbons (Fsp3) is 0. The zero-order valence-corrected chi connectivity index (χ0v) is 4.23. The monoisotopic (exact) mass is 111 g/mol. The summed E-state index contributed by atoms with van der Waals surface area (Å²) in [6, 6.07) is 0. The molecule has 0 heterocycles. The molecule has 0 aliphatic carbocycles. The summed E-state index contributed by atoms with van der Waals surface area (Å²) >= 11 is 0. The van der Waals surface area contributed by atoms with E-state index < -0.39 is 0 Å². The van der Waals surface area contributed by atoms with Crippen molar-refractivity contribution >= 4 is 17.4 Å². The molecule has 0 aliphatic heterocycles. The quantitative estimate of drug-likeness (QED) is 0.374. The van der Waals surface area contributed by atoms with Gasteiger partial charge in [0.15, 0.2) is 0 Å². The van der Waals surface area contributed by atoms with Crippen LogP contribution in [-0.4, -0.2) is 17.4 Å². The Balaban J connectivity index is 0. The van der Waals surface area contributed by atoms with E-state index in [9.17, 15) is 0 Å². The van der Waals surface area contributed by atoms with Crippen molar-refractivity contribution < 1.29 is 28.3 Å². The van der Waals surface area contributed by atoms with Crippen LogP contribution >= 0.6 is 0 Å². The summed E-state index contributed by atoms with van der Waals surface area (Å²) in [5.74, 6) is 0. The molecule has 1 radical (unpaired) electrons. The zero-order chi connectivity index (χ0) is 0. The molecule has 0 bridgehead atoms. The van der Waals surface area contributed by atoms with Gasteiger partial charge < -0.3 is 11.0 Å². The van der Waals surface area contributed by atoms with Gasteiger partial charge >= 0.3 is 34.7 Å². The third-order valence-electron chi connectivity index (χ3n) is 0. The van der Waals surface area contributed by atoms with E-state index in [1.54, 1.807) is 0 Å². The van der Waals surface area contributed by atoms with E-state index in [0.29, 0.717) is 0 Å². The van der Waals surface area contributed by atoms with E-state index in [0.717, 1.165) is 0 Å². The van der Waals surface area contributed by atoms with Crippen LogP contribution in [0.15, 0.2) is 0 Å². The Morgan fingerprint density at radius 2 is 0.750 bits per heavy atom. The Bertz CT molecular complexity index is 6.00. The predicted octanol–water partition coefficient (Wildman–Crippen LogP) is -0.621. The van der Waals surface area contributed by atoms with Crippen LogP contribution in [0.5, 0.6) is 0 Å². The molecule has 0 N–H and O–H groups in total. The second kappa shape index (κ2) is 36.6. The number of hydrogen-bond donors (Lipinski definition) is 0. The van der Waals surface area contributed by atoms with Crippen LogP contribution in [-0.2, 0) is 28.3 Å². The van der Waals surface area contributed by atoms with Crippen molar-refractivity contribution in [2.75, 3.05) is 0 Å². The molecular weight excluding hydrogens is 111 g/mol. The third kappa shape index (κ3) is 12.1. The van der Waals surface area contributed by atoms with Gasteiger partial charge in [-0.1, -0.05) is 0 Å². The predicted molar refractivity (Wildman–Crippen MR) is 7.13 cm³/mol. The SMILES string of the molecule is [Al+3].[Cr+3].[O-2].[O-2]. The molecule has 0 aromatic rings. The van der Waals surface area contributed by atoms with E-state index in [1.165, 1.54) is 0 Å². The molecule has 2 nitrogen and oxygen atoms in total. The maximum absolute atomic E-state index is 0. The van der Waals surface area contributed by atoms with Gasteiger partial charge in [-0.2, -0.15) is 0 Å². The normalized spacial score (nSPS) is 0. The molecule has 0 amide bonds. The van der Waals surface area contributed by atoms with Gasteiger partial charge in [-0.3, -0.25) is 0 Å². The first-order valence-electron chi connectivity index (χ1n) is 0. The Kier molecular flexibility index (Phi) is 747. The summed E-state index contributed by atoms with van der Waals surface area (Å²) < 4.78 is 0. The summed E-state index contributed by atoms with van der Waals surface area (Å²) in [5, 5.41) is 0. The summed E-state index contributed by atoms with van der Waals surface area (Å²) in [4.78, 5) is 0. The molecule has 0 aliphatic rings. The molecule has 0 rings (SSSR count). The molecule has 4 heavy (non-hydrogen) atoms. The van der Waals surface area contributed by atoms with E-state index in [-0.39, 0.29) is 45.7 Å². The van der Waals surface area contributed by atoms with Crippen LogP contribution < -0.4 is 0 Å². The van der Waals surface area contributed by atoms with E-state index in [4.69, 9.17) is 0 Å². The van der Waals surface area contributed by atoms with Crippen molar-refractivity contribution in [1.82, 2.24) is 0 Å². The molecule has 0 saturated carbocycles. The second-order valence-electron chi connectivity index (χ2n) is 0. The summed E-state index contributed by atoms with van der Waals surface area (Å²) in [6.07, 6.45) is 0. The van der Waals surface area contributed by atoms with Crippen LogP contribution in [0, 0.1) is 0 Å². The fourth-order valence-corrected chi connectivity index (χ4v) is 0. The average Bonchev–Trinajstić information content (AvgIpc) is 0. The standard InChI is InChI=1S/Al.Cr.2O/q2*+3;2*-2. The van der Waals surface area contributed by atoms with Crippen molar-refractivity contribution in [3.05, 3.63) is 0 Å². The molecule has 0 aromatic heterocycles. The van der Waals surface area contributed by atoms with Gasteiger partial charge in [0.25, 0.3) is 0 Å². The first kappa shape index (κ1) is 81.6. The molecule has 4 heteroatoms. The molecule has 19 valence electrons. The van der Waals surface area contributed by atoms with E-state index in [1.807, 2.05) is 0 Å². The van der Waals surface area contributed by atoms with Gasteiger partial charge in [0.1, 0.15) is 0 Å². The minimum atomic E-state index is 0. The Hall–Kier alpha value is 0.985. The topological polar surface area (TPSA) is 57.0 Å². The van der Waals surface area contributed by atoms with Gasteiger partial charge in [-0.25, -0.2) is 0 Å².